The first-order chi connectivity index (χ1) is 17.0. The van der Waals surface area contributed by atoms with Crippen molar-refractivity contribution in [3.05, 3.63) is 136 Å². The fourth-order valence-corrected chi connectivity index (χ4v) is 4.40. The van der Waals surface area contributed by atoms with Crippen molar-refractivity contribution >= 4 is 11.6 Å². The minimum absolute atomic E-state index is 0.270. The largest absolute Gasteiger partial charge is 0.489 e. The zero-order valence-corrected chi connectivity index (χ0v) is 20.8. The second kappa shape index (κ2) is 12.0. The number of aliphatic hydroxyl groups is 1. The van der Waals surface area contributed by atoms with Crippen molar-refractivity contribution in [3.63, 3.8) is 0 Å². The number of benzene rings is 4. The first-order valence-electron chi connectivity index (χ1n) is 12.1. The fourth-order valence-electron chi connectivity index (χ4n) is 4.28. The monoisotopic (exact) mass is 485 g/mol. The van der Waals surface area contributed by atoms with Gasteiger partial charge in [-0.15, -0.1) is 0 Å². The van der Waals surface area contributed by atoms with Crippen molar-refractivity contribution in [3.8, 4) is 5.75 Å². The summed E-state index contributed by atoms with van der Waals surface area (Å²) in [6.45, 7) is 3.39. The second-order valence-corrected chi connectivity index (χ2v) is 9.40. The van der Waals surface area contributed by atoms with Crippen LogP contribution in [0.15, 0.2) is 109 Å². The lowest BCUT2D eigenvalue weighted by molar-refractivity contribution is 0.0704. The van der Waals surface area contributed by atoms with Gasteiger partial charge in [0, 0.05) is 11.1 Å². The molecule has 4 aromatic rings. The van der Waals surface area contributed by atoms with Crippen LogP contribution >= 0.6 is 11.6 Å². The van der Waals surface area contributed by atoms with E-state index in [1.54, 1.807) is 0 Å². The fraction of sp³-hybridized carbons (Fsp3) is 0.226. The number of nitrogens with one attached hydrogen (secondary N) is 1. The SMILES string of the molecule is CC(Cc1ccc(OCc2ccc(Cl)cc2)cc1)NCCC(O)(c1ccccc1)c1ccccc1. The molecular formula is C31H32ClNO2. The third-order valence-electron chi connectivity index (χ3n) is 6.27. The lowest BCUT2D eigenvalue weighted by Gasteiger charge is -2.30. The molecule has 0 radical (unpaired) electrons. The molecule has 0 heterocycles. The molecule has 2 N–H and O–H groups in total. The Kier molecular flexibility index (Phi) is 8.59. The Balaban J connectivity index is 1.29. The summed E-state index contributed by atoms with van der Waals surface area (Å²) in [6.07, 6.45) is 1.48. The van der Waals surface area contributed by atoms with Gasteiger partial charge >= 0.3 is 0 Å². The molecule has 35 heavy (non-hydrogen) atoms. The molecule has 180 valence electrons. The molecule has 0 aliphatic heterocycles. The lowest BCUT2D eigenvalue weighted by atomic mass is 9.83. The van der Waals surface area contributed by atoms with Gasteiger partial charge in [0.15, 0.2) is 0 Å². The van der Waals surface area contributed by atoms with Crippen LogP contribution in [0, 0.1) is 0 Å². The van der Waals surface area contributed by atoms with Gasteiger partial charge in [-0.3, -0.25) is 0 Å². The molecule has 0 aliphatic rings. The lowest BCUT2D eigenvalue weighted by Crippen LogP contribution is -2.36. The summed E-state index contributed by atoms with van der Waals surface area (Å²) in [6, 6.07) is 36.0. The van der Waals surface area contributed by atoms with Gasteiger partial charge in [-0.1, -0.05) is 96.5 Å². The van der Waals surface area contributed by atoms with Crippen LogP contribution in [-0.2, 0) is 18.6 Å². The molecule has 4 rings (SSSR count). The Hall–Kier alpha value is -3.11. The number of halogens is 1. The highest BCUT2D eigenvalue weighted by molar-refractivity contribution is 6.30. The molecule has 0 aromatic heterocycles. The molecule has 0 saturated carbocycles. The summed E-state index contributed by atoms with van der Waals surface area (Å²) in [4.78, 5) is 0. The number of hydrogen-bond donors (Lipinski definition) is 2. The van der Waals surface area contributed by atoms with Crippen LogP contribution in [-0.4, -0.2) is 17.7 Å². The summed E-state index contributed by atoms with van der Waals surface area (Å²) in [5.41, 5.74) is 3.12. The van der Waals surface area contributed by atoms with Gasteiger partial charge < -0.3 is 15.2 Å². The third kappa shape index (κ3) is 6.95. The van der Waals surface area contributed by atoms with Crippen LogP contribution in [0.1, 0.15) is 35.6 Å². The van der Waals surface area contributed by atoms with Gasteiger partial charge in [0.25, 0.3) is 0 Å². The second-order valence-electron chi connectivity index (χ2n) is 8.96. The molecule has 4 aromatic carbocycles. The van der Waals surface area contributed by atoms with Crippen molar-refractivity contribution in [1.82, 2.24) is 5.32 Å². The molecular weight excluding hydrogens is 454 g/mol. The summed E-state index contributed by atoms with van der Waals surface area (Å²) < 4.78 is 5.89. The van der Waals surface area contributed by atoms with E-state index in [-0.39, 0.29) is 6.04 Å². The van der Waals surface area contributed by atoms with Crippen LogP contribution < -0.4 is 10.1 Å². The van der Waals surface area contributed by atoms with Gasteiger partial charge in [0.05, 0.1) is 0 Å². The zero-order chi connectivity index (χ0) is 24.5. The van der Waals surface area contributed by atoms with Crippen molar-refractivity contribution < 1.29 is 9.84 Å². The molecule has 0 amide bonds. The zero-order valence-electron chi connectivity index (χ0n) is 20.0. The van der Waals surface area contributed by atoms with E-state index in [1.165, 1.54) is 5.56 Å². The summed E-state index contributed by atoms with van der Waals surface area (Å²) >= 11 is 5.94. The minimum atomic E-state index is -1.03. The van der Waals surface area contributed by atoms with Gasteiger partial charge in [0.2, 0.25) is 0 Å². The first kappa shape index (κ1) is 25.0. The molecule has 0 spiro atoms. The molecule has 0 fully saturated rings. The van der Waals surface area contributed by atoms with Crippen molar-refractivity contribution in [2.75, 3.05) is 6.54 Å². The molecule has 4 heteroatoms. The van der Waals surface area contributed by atoms with E-state index in [1.807, 2.05) is 97.1 Å². The molecule has 1 atom stereocenters. The molecule has 3 nitrogen and oxygen atoms in total. The van der Waals surface area contributed by atoms with E-state index in [2.05, 4.69) is 24.4 Å². The Labute approximate surface area is 213 Å². The Morgan fingerprint density at radius 1 is 0.771 bits per heavy atom. The maximum Gasteiger partial charge on any atom is 0.119 e. The topological polar surface area (TPSA) is 41.5 Å². The highest BCUT2D eigenvalue weighted by Gasteiger charge is 2.30. The maximum atomic E-state index is 11.7. The summed E-state index contributed by atoms with van der Waals surface area (Å²) in [7, 11) is 0. The number of ether oxygens (including phenoxy) is 1. The Morgan fingerprint density at radius 2 is 1.31 bits per heavy atom. The minimum Gasteiger partial charge on any atom is -0.489 e. The van der Waals surface area contributed by atoms with Crippen LogP contribution in [0.25, 0.3) is 0 Å². The van der Waals surface area contributed by atoms with E-state index < -0.39 is 5.60 Å². The van der Waals surface area contributed by atoms with Crippen LogP contribution in [0.5, 0.6) is 5.75 Å². The van der Waals surface area contributed by atoms with E-state index in [0.717, 1.165) is 33.9 Å². The highest BCUT2D eigenvalue weighted by Crippen LogP contribution is 2.32. The predicted octanol–water partition coefficient (Wildman–Crippen LogP) is 6.77. The van der Waals surface area contributed by atoms with E-state index in [4.69, 9.17) is 16.3 Å². The maximum absolute atomic E-state index is 11.7. The van der Waals surface area contributed by atoms with E-state index in [9.17, 15) is 5.11 Å². The smallest absolute Gasteiger partial charge is 0.119 e. The third-order valence-corrected chi connectivity index (χ3v) is 6.52. The normalized spacial score (nSPS) is 12.3. The van der Waals surface area contributed by atoms with Crippen molar-refractivity contribution in [2.45, 2.75) is 38.0 Å². The Morgan fingerprint density at radius 3 is 1.89 bits per heavy atom. The molecule has 0 aliphatic carbocycles. The van der Waals surface area contributed by atoms with Gasteiger partial charge in [0.1, 0.15) is 18.0 Å². The number of rotatable bonds is 11. The first-order valence-corrected chi connectivity index (χ1v) is 12.4. The molecule has 1 unspecified atom stereocenters. The van der Waals surface area contributed by atoms with Gasteiger partial charge in [-0.05, 0) is 72.8 Å². The van der Waals surface area contributed by atoms with Crippen LogP contribution in [0.4, 0.5) is 0 Å². The van der Waals surface area contributed by atoms with Crippen LogP contribution in [0.2, 0.25) is 5.02 Å². The van der Waals surface area contributed by atoms with E-state index in [0.29, 0.717) is 19.6 Å². The summed E-state index contributed by atoms with van der Waals surface area (Å²) in [5, 5.41) is 16.0. The van der Waals surface area contributed by atoms with Crippen LogP contribution in [0.3, 0.4) is 0 Å². The summed E-state index contributed by atoms with van der Waals surface area (Å²) in [5.74, 6) is 0.847. The van der Waals surface area contributed by atoms with E-state index >= 15 is 0 Å². The van der Waals surface area contributed by atoms with Gasteiger partial charge in [-0.25, -0.2) is 0 Å². The number of hydrogen-bond acceptors (Lipinski definition) is 3. The standard InChI is InChI=1S/C31H32ClNO2/c1-24(22-25-14-18-30(19-15-25)35-23-26-12-16-29(32)17-13-26)33-21-20-31(34,27-8-4-2-5-9-27)28-10-6-3-7-11-28/h2-19,24,33-34H,20-23H2,1H3. The quantitative estimate of drug-likeness (QED) is 0.246. The molecule has 0 saturated heterocycles. The predicted molar refractivity (Wildman–Crippen MR) is 144 cm³/mol. The van der Waals surface area contributed by atoms with Gasteiger partial charge in [-0.2, -0.15) is 0 Å². The Bertz CT molecular complexity index is 1120. The van der Waals surface area contributed by atoms with Crippen molar-refractivity contribution in [2.24, 2.45) is 0 Å². The average Bonchev–Trinajstić information content (AvgIpc) is 2.90. The average molecular weight is 486 g/mol. The van der Waals surface area contributed by atoms with Crippen molar-refractivity contribution in [1.29, 1.82) is 0 Å². The highest BCUT2D eigenvalue weighted by atomic mass is 35.5. The molecule has 0 bridgehead atoms.